The van der Waals surface area contributed by atoms with E-state index < -0.39 is 35.8 Å². The molecule has 1 heterocycles. The van der Waals surface area contributed by atoms with Crippen LogP contribution in [0.1, 0.15) is 55.3 Å². The third-order valence-electron chi connectivity index (χ3n) is 6.80. The Balaban J connectivity index is 1.64. The van der Waals surface area contributed by atoms with Gasteiger partial charge < -0.3 is 20.6 Å². The minimum atomic E-state index is -1.35. The van der Waals surface area contributed by atoms with Crippen molar-refractivity contribution in [1.29, 1.82) is 0 Å². The Kier molecular flexibility index (Phi) is 6.75. The van der Waals surface area contributed by atoms with Gasteiger partial charge in [-0.3, -0.25) is 14.4 Å². The third kappa shape index (κ3) is 5.11. The fourth-order valence-electron chi connectivity index (χ4n) is 4.52. The van der Waals surface area contributed by atoms with Gasteiger partial charge in [0.15, 0.2) is 0 Å². The second kappa shape index (κ2) is 8.80. The lowest BCUT2D eigenvalue weighted by molar-refractivity contribution is -0.139. The molecule has 3 N–H and O–H groups in total. The summed E-state index contributed by atoms with van der Waals surface area (Å²) in [6.45, 7) is 10.9. The number of amides is 3. The average molecular weight is 498 g/mol. The van der Waals surface area contributed by atoms with E-state index in [1.165, 1.54) is 0 Å². The van der Waals surface area contributed by atoms with Gasteiger partial charge in [0.25, 0.3) is 5.91 Å². The quantitative estimate of drug-likeness (QED) is 0.558. The number of piperidine rings is 1. The summed E-state index contributed by atoms with van der Waals surface area (Å²) in [7, 11) is 0. The van der Waals surface area contributed by atoms with Crippen molar-refractivity contribution in [2.24, 2.45) is 22.7 Å². The van der Waals surface area contributed by atoms with E-state index in [1.54, 1.807) is 0 Å². The molecule has 2 fully saturated rings. The molecule has 1 aromatic carbocycles. The summed E-state index contributed by atoms with van der Waals surface area (Å²) < 4.78 is 0. The molecule has 3 unspecified atom stereocenters. The first-order valence-corrected chi connectivity index (χ1v) is 11.5. The number of rotatable bonds is 6. The number of aromatic carboxylic acids is 1. The number of nitrogens with zero attached hydrogens (tertiary/aromatic N) is 1. The molecule has 1 saturated carbocycles. The van der Waals surface area contributed by atoms with E-state index in [0.29, 0.717) is 24.9 Å². The SMILES string of the molecule is CC(C)(C)C(NC(=O)CNC(=O)c1cc(Cl)c(Cl)cc1C(=O)O)C(=O)N1CC2C(C1)C2(C)C. The largest absolute Gasteiger partial charge is 0.478 e. The molecule has 1 aliphatic carbocycles. The second-order valence-electron chi connectivity index (χ2n) is 10.4. The van der Waals surface area contributed by atoms with Crippen molar-refractivity contribution in [3.8, 4) is 0 Å². The summed E-state index contributed by atoms with van der Waals surface area (Å²) >= 11 is 11.8. The Morgan fingerprint density at radius 1 is 1.09 bits per heavy atom. The van der Waals surface area contributed by atoms with E-state index in [9.17, 15) is 24.3 Å². The van der Waals surface area contributed by atoms with E-state index in [-0.39, 0.29) is 32.5 Å². The molecule has 2 aliphatic rings. The zero-order chi connectivity index (χ0) is 24.9. The van der Waals surface area contributed by atoms with Crippen LogP contribution >= 0.6 is 23.2 Å². The number of likely N-dealkylation sites (tertiary alicyclic amines) is 1. The first kappa shape index (κ1) is 25.3. The Hall–Kier alpha value is -2.32. The van der Waals surface area contributed by atoms with E-state index in [4.69, 9.17) is 23.2 Å². The number of benzene rings is 1. The molecule has 1 aromatic rings. The number of carboxylic acids is 1. The van der Waals surface area contributed by atoms with E-state index in [0.717, 1.165) is 12.1 Å². The molecule has 1 aliphatic heterocycles. The van der Waals surface area contributed by atoms with Crippen molar-refractivity contribution >= 4 is 46.9 Å². The summed E-state index contributed by atoms with van der Waals surface area (Å²) in [5.41, 5.74) is -0.826. The fraction of sp³-hybridized carbons (Fsp3) is 0.565. The van der Waals surface area contributed by atoms with Crippen molar-refractivity contribution in [1.82, 2.24) is 15.5 Å². The van der Waals surface area contributed by atoms with E-state index in [2.05, 4.69) is 24.5 Å². The van der Waals surface area contributed by atoms with E-state index in [1.807, 2.05) is 25.7 Å². The van der Waals surface area contributed by atoms with Crippen LogP contribution in [0.2, 0.25) is 10.0 Å². The Bertz CT molecular complexity index is 1000. The zero-order valence-electron chi connectivity index (χ0n) is 19.3. The first-order valence-electron chi connectivity index (χ1n) is 10.7. The number of hydrogen-bond donors (Lipinski definition) is 3. The number of hydrogen-bond acceptors (Lipinski definition) is 4. The molecule has 3 amide bonds. The van der Waals surface area contributed by atoms with Gasteiger partial charge >= 0.3 is 5.97 Å². The summed E-state index contributed by atoms with van der Waals surface area (Å²) in [6.07, 6.45) is 0. The van der Waals surface area contributed by atoms with Crippen LogP contribution in [0.15, 0.2) is 12.1 Å². The van der Waals surface area contributed by atoms with Crippen LogP contribution in [-0.4, -0.2) is 59.4 Å². The van der Waals surface area contributed by atoms with Gasteiger partial charge in [-0.05, 0) is 34.8 Å². The minimum absolute atomic E-state index is 0.00201. The molecule has 3 atom stereocenters. The molecule has 0 aromatic heterocycles. The van der Waals surface area contributed by atoms with Crippen LogP contribution in [-0.2, 0) is 9.59 Å². The molecule has 0 spiro atoms. The standard InChI is InChI=1S/C23H29Cl2N3O5/c1-22(2,3)18(20(31)28-9-13-14(10-28)23(13,4)5)27-17(29)8-26-19(30)11-6-15(24)16(25)7-12(11)21(32)33/h6-7,13-14,18H,8-10H2,1-5H3,(H,26,30)(H,27,29)(H,32,33). The van der Waals surface area contributed by atoms with Crippen LogP contribution in [0.3, 0.4) is 0 Å². The molecule has 8 nitrogen and oxygen atoms in total. The van der Waals surface area contributed by atoms with Crippen LogP contribution in [0, 0.1) is 22.7 Å². The van der Waals surface area contributed by atoms with Gasteiger partial charge in [-0.2, -0.15) is 0 Å². The smallest absolute Gasteiger partial charge is 0.336 e. The predicted molar refractivity (Wildman–Crippen MR) is 124 cm³/mol. The molecule has 180 valence electrons. The monoisotopic (exact) mass is 497 g/mol. The number of carboxylic acid groups (broad SMARTS) is 1. The lowest BCUT2D eigenvalue weighted by Gasteiger charge is -2.34. The Morgan fingerprint density at radius 2 is 1.61 bits per heavy atom. The van der Waals surface area contributed by atoms with Gasteiger partial charge in [-0.15, -0.1) is 0 Å². The summed E-state index contributed by atoms with van der Waals surface area (Å²) in [6, 6.07) is 1.46. The number of nitrogens with one attached hydrogen (secondary N) is 2. The molecule has 10 heteroatoms. The molecule has 3 rings (SSSR count). The van der Waals surface area contributed by atoms with Crippen molar-refractivity contribution in [2.45, 2.75) is 40.7 Å². The van der Waals surface area contributed by atoms with Gasteiger partial charge in [-0.25, -0.2) is 4.79 Å². The number of carbonyl (C=O) groups is 4. The molecule has 1 saturated heterocycles. The van der Waals surface area contributed by atoms with Crippen molar-refractivity contribution in [2.75, 3.05) is 19.6 Å². The van der Waals surface area contributed by atoms with Gasteiger partial charge in [0.1, 0.15) is 6.04 Å². The van der Waals surface area contributed by atoms with Crippen molar-refractivity contribution in [3.05, 3.63) is 33.3 Å². The lowest BCUT2D eigenvalue weighted by atomic mass is 9.85. The highest BCUT2D eigenvalue weighted by atomic mass is 35.5. The summed E-state index contributed by atoms with van der Waals surface area (Å²) in [5.74, 6) is -1.85. The minimum Gasteiger partial charge on any atom is -0.478 e. The van der Waals surface area contributed by atoms with Gasteiger partial charge in [0.2, 0.25) is 11.8 Å². The Labute approximate surface area is 203 Å². The summed E-state index contributed by atoms with van der Waals surface area (Å²) in [5, 5.41) is 14.5. The number of halogens is 2. The first-order chi connectivity index (χ1) is 15.1. The van der Waals surface area contributed by atoms with Crippen molar-refractivity contribution < 1.29 is 24.3 Å². The molecule has 33 heavy (non-hydrogen) atoms. The maximum absolute atomic E-state index is 13.2. The molecule has 0 bridgehead atoms. The highest BCUT2D eigenvalue weighted by Crippen LogP contribution is 2.62. The predicted octanol–water partition coefficient (Wildman–Crippen LogP) is 3.07. The van der Waals surface area contributed by atoms with Crippen LogP contribution < -0.4 is 10.6 Å². The normalized spacial score (nSPS) is 21.7. The highest BCUT2D eigenvalue weighted by molar-refractivity contribution is 6.42. The number of carbonyl (C=O) groups excluding carboxylic acids is 3. The topological polar surface area (TPSA) is 116 Å². The maximum atomic E-state index is 13.2. The lowest BCUT2D eigenvalue weighted by Crippen LogP contribution is -2.56. The zero-order valence-corrected chi connectivity index (χ0v) is 20.8. The van der Waals surface area contributed by atoms with E-state index >= 15 is 0 Å². The van der Waals surface area contributed by atoms with Gasteiger partial charge in [0, 0.05) is 13.1 Å². The number of fused-ring (bicyclic) bond motifs is 1. The Morgan fingerprint density at radius 3 is 2.09 bits per heavy atom. The molecular formula is C23H29Cl2N3O5. The molecular weight excluding hydrogens is 469 g/mol. The fourth-order valence-corrected chi connectivity index (χ4v) is 4.85. The average Bonchev–Trinajstić information content (AvgIpc) is 3.06. The molecule has 0 radical (unpaired) electrons. The summed E-state index contributed by atoms with van der Waals surface area (Å²) in [4.78, 5) is 51.6. The van der Waals surface area contributed by atoms with Crippen molar-refractivity contribution in [3.63, 3.8) is 0 Å². The van der Waals surface area contributed by atoms with Crippen LogP contribution in [0.4, 0.5) is 0 Å². The highest BCUT2D eigenvalue weighted by Gasteiger charge is 2.63. The van der Waals surface area contributed by atoms with Crippen LogP contribution in [0.5, 0.6) is 0 Å². The van der Waals surface area contributed by atoms with Gasteiger partial charge in [-0.1, -0.05) is 57.8 Å². The second-order valence-corrected chi connectivity index (χ2v) is 11.3. The van der Waals surface area contributed by atoms with Gasteiger partial charge in [0.05, 0.1) is 27.7 Å². The van der Waals surface area contributed by atoms with Crippen LogP contribution in [0.25, 0.3) is 0 Å². The maximum Gasteiger partial charge on any atom is 0.336 e. The third-order valence-corrected chi connectivity index (χ3v) is 7.52.